The molecule has 1 N–H and O–H groups in total. The molecular weight excluding hydrogens is 384 g/mol. The van der Waals surface area contributed by atoms with Gasteiger partial charge in [-0.3, -0.25) is 4.90 Å². The van der Waals surface area contributed by atoms with Crippen LogP contribution in [0.4, 0.5) is 0 Å². The van der Waals surface area contributed by atoms with Crippen LogP contribution in [0.5, 0.6) is 5.88 Å². The lowest BCUT2D eigenvalue weighted by Crippen LogP contribution is -2.26. The van der Waals surface area contributed by atoms with Crippen molar-refractivity contribution in [1.29, 1.82) is 0 Å². The van der Waals surface area contributed by atoms with Gasteiger partial charge in [-0.25, -0.2) is 0 Å². The van der Waals surface area contributed by atoms with Gasteiger partial charge in [0.15, 0.2) is 5.76 Å². The maximum atomic E-state index is 10.9. The Morgan fingerprint density at radius 2 is 1.93 bits per heavy atom. The molecule has 0 spiro atoms. The Morgan fingerprint density at radius 3 is 2.59 bits per heavy atom. The van der Waals surface area contributed by atoms with E-state index in [4.69, 9.17) is 16.0 Å². The fraction of sp³-hybridized carbons (Fsp3) is 0.263. The van der Waals surface area contributed by atoms with E-state index in [1.807, 2.05) is 24.3 Å². The molecule has 1 aliphatic rings. The van der Waals surface area contributed by atoms with Crippen molar-refractivity contribution in [2.75, 3.05) is 13.1 Å². The molecule has 5 rings (SSSR count). The highest BCUT2D eigenvalue weighted by Gasteiger charge is 2.31. The predicted octanol–water partition coefficient (Wildman–Crippen LogP) is 4.60. The quantitative estimate of drug-likeness (QED) is 0.542. The van der Waals surface area contributed by atoms with Crippen LogP contribution < -0.4 is 0 Å². The zero-order valence-corrected chi connectivity index (χ0v) is 16.0. The van der Waals surface area contributed by atoms with Crippen LogP contribution in [0, 0.1) is 0 Å². The highest BCUT2D eigenvalue weighted by molar-refractivity contribution is 7.17. The lowest BCUT2D eigenvalue weighted by molar-refractivity contribution is 0.277. The van der Waals surface area contributed by atoms with E-state index >= 15 is 0 Å². The van der Waals surface area contributed by atoms with Gasteiger partial charge in [-0.1, -0.05) is 35.1 Å². The van der Waals surface area contributed by atoms with Crippen LogP contribution in [-0.2, 0) is 0 Å². The molecule has 27 heavy (non-hydrogen) atoms. The second-order valence-electron chi connectivity index (χ2n) is 6.59. The Bertz CT molecular complexity index is 1070. The largest absolute Gasteiger partial charge is 0.492 e. The summed E-state index contributed by atoms with van der Waals surface area (Å²) in [5, 5.41) is 16.1. The molecule has 1 fully saturated rings. The van der Waals surface area contributed by atoms with Gasteiger partial charge in [-0.15, -0.1) is 5.10 Å². The molecule has 4 heterocycles. The SMILES string of the molecule is Oc1c(C(c2ccc(Cl)cc2)N2CCCC2)sc2nc(-c3ccco3)nn12. The van der Waals surface area contributed by atoms with E-state index in [0.29, 0.717) is 21.6 Å². The van der Waals surface area contributed by atoms with Gasteiger partial charge in [0, 0.05) is 5.02 Å². The summed E-state index contributed by atoms with van der Waals surface area (Å²) in [5.41, 5.74) is 1.10. The van der Waals surface area contributed by atoms with Crippen LogP contribution >= 0.6 is 22.9 Å². The number of rotatable bonds is 4. The first-order valence-corrected chi connectivity index (χ1v) is 10.0. The van der Waals surface area contributed by atoms with Crippen molar-refractivity contribution in [3.63, 3.8) is 0 Å². The monoisotopic (exact) mass is 400 g/mol. The lowest BCUT2D eigenvalue weighted by Gasteiger charge is -2.27. The summed E-state index contributed by atoms with van der Waals surface area (Å²) in [7, 11) is 0. The summed E-state index contributed by atoms with van der Waals surface area (Å²) < 4.78 is 6.86. The molecule has 0 bridgehead atoms. The second kappa shape index (κ2) is 6.67. The van der Waals surface area contributed by atoms with Gasteiger partial charge < -0.3 is 9.52 Å². The maximum absolute atomic E-state index is 10.9. The first kappa shape index (κ1) is 16.8. The van der Waals surface area contributed by atoms with Crippen molar-refractivity contribution >= 4 is 27.9 Å². The van der Waals surface area contributed by atoms with Crippen LogP contribution in [0.15, 0.2) is 47.1 Å². The van der Waals surface area contributed by atoms with Crippen molar-refractivity contribution in [2.45, 2.75) is 18.9 Å². The van der Waals surface area contributed by atoms with E-state index in [9.17, 15) is 5.11 Å². The molecule has 4 aromatic rings. The number of hydrogen-bond acceptors (Lipinski definition) is 6. The van der Waals surface area contributed by atoms with Crippen LogP contribution in [0.25, 0.3) is 16.5 Å². The third kappa shape index (κ3) is 2.92. The van der Waals surface area contributed by atoms with Crippen LogP contribution in [0.1, 0.15) is 29.3 Å². The number of benzene rings is 1. The molecule has 6 nitrogen and oxygen atoms in total. The van der Waals surface area contributed by atoms with Gasteiger partial charge in [-0.2, -0.15) is 9.50 Å². The molecule has 1 unspecified atom stereocenters. The smallest absolute Gasteiger partial charge is 0.230 e. The minimum Gasteiger partial charge on any atom is -0.492 e. The third-order valence-corrected chi connectivity index (χ3v) is 6.21. The highest BCUT2D eigenvalue weighted by Crippen LogP contribution is 2.41. The summed E-state index contributed by atoms with van der Waals surface area (Å²) in [5.74, 6) is 1.19. The number of hydrogen-bond donors (Lipinski definition) is 1. The van der Waals surface area contributed by atoms with Crippen LogP contribution in [0.2, 0.25) is 5.02 Å². The molecule has 1 aliphatic heterocycles. The molecule has 8 heteroatoms. The number of furan rings is 1. The Kier molecular flexibility index (Phi) is 4.15. The molecule has 138 valence electrons. The molecular formula is C19H17ClN4O2S. The number of halogens is 1. The van der Waals surface area contributed by atoms with E-state index in [2.05, 4.69) is 15.0 Å². The second-order valence-corrected chi connectivity index (χ2v) is 8.04. The van der Waals surface area contributed by atoms with Gasteiger partial charge in [0.2, 0.25) is 16.7 Å². The zero-order valence-electron chi connectivity index (χ0n) is 14.4. The van der Waals surface area contributed by atoms with E-state index in [1.54, 1.807) is 18.4 Å². The molecule has 0 saturated carbocycles. The van der Waals surface area contributed by atoms with Gasteiger partial charge in [0.25, 0.3) is 0 Å². The first-order chi connectivity index (χ1) is 13.2. The minimum absolute atomic E-state index is 0.0367. The van der Waals surface area contributed by atoms with Crippen molar-refractivity contribution in [1.82, 2.24) is 19.5 Å². The Labute approximate surface area is 164 Å². The highest BCUT2D eigenvalue weighted by atomic mass is 35.5. The van der Waals surface area contributed by atoms with Gasteiger partial charge in [0.1, 0.15) is 0 Å². The summed E-state index contributed by atoms with van der Waals surface area (Å²) in [6, 6.07) is 11.4. The number of aromatic hydroxyl groups is 1. The summed E-state index contributed by atoms with van der Waals surface area (Å²) in [4.78, 5) is 8.41. The normalized spacial score (nSPS) is 16.3. The molecule has 1 saturated heterocycles. The average Bonchev–Trinajstić information content (AvgIpc) is 3.44. The van der Waals surface area contributed by atoms with Crippen LogP contribution in [0.3, 0.4) is 0 Å². The standard InChI is InChI=1S/C19H17ClN4O2S/c20-13-7-5-12(6-8-13)15(23-9-1-2-10-23)16-18(25)24-19(27-16)21-17(22-24)14-4-3-11-26-14/h3-8,11,15,25H,1-2,9-10H2. The number of thiazole rings is 1. The first-order valence-electron chi connectivity index (χ1n) is 8.82. The Balaban J connectivity index is 1.60. The Morgan fingerprint density at radius 1 is 1.15 bits per heavy atom. The van der Waals surface area contributed by atoms with Crippen molar-refractivity contribution < 1.29 is 9.52 Å². The zero-order chi connectivity index (χ0) is 18.4. The van der Waals surface area contributed by atoms with Crippen molar-refractivity contribution in [3.05, 3.63) is 58.1 Å². The fourth-order valence-electron chi connectivity index (χ4n) is 3.61. The van der Waals surface area contributed by atoms with E-state index in [1.165, 1.54) is 15.9 Å². The summed E-state index contributed by atoms with van der Waals surface area (Å²) in [6.07, 6.45) is 3.90. The van der Waals surface area contributed by atoms with Gasteiger partial charge in [-0.05, 0) is 55.8 Å². The van der Waals surface area contributed by atoms with Gasteiger partial charge >= 0.3 is 0 Å². The summed E-state index contributed by atoms with van der Waals surface area (Å²) >= 11 is 7.53. The van der Waals surface area contributed by atoms with Crippen molar-refractivity contribution in [2.24, 2.45) is 0 Å². The average molecular weight is 401 g/mol. The maximum Gasteiger partial charge on any atom is 0.230 e. The topological polar surface area (TPSA) is 66.8 Å². The van der Waals surface area contributed by atoms with Crippen LogP contribution in [-0.4, -0.2) is 37.7 Å². The summed E-state index contributed by atoms with van der Waals surface area (Å²) in [6.45, 7) is 2.00. The van der Waals surface area contributed by atoms with E-state index < -0.39 is 0 Å². The number of likely N-dealkylation sites (tertiary alicyclic amines) is 1. The molecule has 0 radical (unpaired) electrons. The van der Waals surface area contributed by atoms with Gasteiger partial charge in [0.05, 0.1) is 17.2 Å². The number of aromatic nitrogens is 3. The molecule has 1 aromatic carbocycles. The lowest BCUT2D eigenvalue weighted by atomic mass is 10.0. The predicted molar refractivity (Wildman–Crippen MR) is 104 cm³/mol. The number of fused-ring (bicyclic) bond motifs is 1. The van der Waals surface area contributed by atoms with Crippen molar-refractivity contribution in [3.8, 4) is 17.5 Å². The van der Waals surface area contributed by atoms with E-state index in [-0.39, 0.29) is 11.9 Å². The Hall–Kier alpha value is -2.35. The third-order valence-electron chi connectivity index (χ3n) is 4.88. The molecule has 0 amide bonds. The molecule has 0 aliphatic carbocycles. The number of nitrogens with zero attached hydrogens (tertiary/aromatic N) is 4. The van der Waals surface area contributed by atoms with E-state index in [0.717, 1.165) is 36.4 Å². The molecule has 1 atom stereocenters. The minimum atomic E-state index is -0.0367. The molecule has 3 aromatic heterocycles. The fourth-order valence-corrected chi connectivity index (χ4v) is 4.85.